The van der Waals surface area contributed by atoms with Gasteiger partial charge in [0.2, 0.25) is 5.91 Å². The zero-order valence-corrected chi connectivity index (χ0v) is 9.86. The summed E-state index contributed by atoms with van der Waals surface area (Å²) in [4.78, 5) is 27.0. The Morgan fingerprint density at radius 3 is 2.75 bits per heavy atom. The van der Waals surface area contributed by atoms with Gasteiger partial charge in [-0.3, -0.25) is 14.2 Å². The van der Waals surface area contributed by atoms with Crippen LogP contribution in [-0.2, 0) is 11.3 Å². The minimum absolute atomic E-state index is 0.0258. The van der Waals surface area contributed by atoms with Gasteiger partial charge in [0.1, 0.15) is 6.54 Å². The molecule has 0 spiro atoms. The van der Waals surface area contributed by atoms with Gasteiger partial charge in [0.25, 0.3) is 5.56 Å². The smallest absolute Gasteiger partial charge is 0.254 e. The van der Waals surface area contributed by atoms with Gasteiger partial charge in [-0.05, 0) is 12.8 Å². The van der Waals surface area contributed by atoms with Gasteiger partial charge in [-0.15, -0.1) is 0 Å². The minimum atomic E-state index is -0.190. The van der Waals surface area contributed by atoms with E-state index in [0.29, 0.717) is 6.54 Å². The maximum atomic E-state index is 11.6. The second-order valence-corrected chi connectivity index (χ2v) is 3.89. The summed E-state index contributed by atoms with van der Waals surface area (Å²) in [6, 6.07) is 1.48. The Hall–Kier alpha value is -1.65. The molecular weight excluding hydrogens is 206 g/mol. The number of rotatable bonds is 4. The molecule has 0 radical (unpaired) electrons. The van der Waals surface area contributed by atoms with Crippen LogP contribution in [0.3, 0.4) is 0 Å². The van der Waals surface area contributed by atoms with Crippen LogP contribution in [0.2, 0.25) is 0 Å². The van der Waals surface area contributed by atoms with Crippen LogP contribution in [-0.4, -0.2) is 22.0 Å². The molecule has 1 N–H and O–H groups in total. The summed E-state index contributed by atoms with van der Waals surface area (Å²) in [5.41, 5.74) is 0.558. The van der Waals surface area contributed by atoms with Crippen LogP contribution >= 0.6 is 0 Å². The van der Waals surface area contributed by atoms with Gasteiger partial charge < -0.3 is 5.32 Å². The third-order valence-corrected chi connectivity index (χ3v) is 2.18. The fourth-order valence-electron chi connectivity index (χ4n) is 1.28. The molecule has 1 aromatic rings. The molecule has 0 atom stereocenters. The van der Waals surface area contributed by atoms with E-state index in [4.69, 9.17) is 0 Å². The first-order valence-electron chi connectivity index (χ1n) is 5.37. The third kappa shape index (κ3) is 3.18. The normalized spacial score (nSPS) is 10.5. The molecule has 0 fully saturated rings. The maximum absolute atomic E-state index is 11.6. The van der Waals surface area contributed by atoms with Crippen LogP contribution in [0.5, 0.6) is 0 Å². The number of amides is 1. The van der Waals surface area contributed by atoms with E-state index in [-0.39, 0.29) is 23.9 Å². The maximum Gasteiger partial charge on any atom is 0.254 e. The lowest BCUT2D eigenvalue weighted by Gasteiger charge is -2.07. The molecule has 5 nitrogen and oxygen atoms in total. The number of carbonyl (C=O) groups excluding carboxylic acids is 1. The number of likely N-dealkylation sites (N-methyl/N-ethyl adjacent to an activating group) is 1. The largest absolute Gasteiger partial charge is 0.355 e. The lowest BCUT2D eigenvalue weighted by Crippen LogP contribution is -2.32. The van der Waals surface area contributed by atoms with Gasteiger partial charge in [-0.1, -0.05) is 13.8 Å². The summed E-state index contributed by atoms with van der Waals surface area (Å²) in [5.74, 6) is 0.0375. The monoisotopic (exact) mass is 223 g/mol. The zero-order valence-electron chi connectivity index (χ0n) is 9.86. The average molecular weight is 223 g/mol. The van der Waals surface area contributed by atoms with Gasteiger partial charge in [-0.2, -0.15) is 0 Å². The second-order valence-electron chi connectivity index (χ2n) is 3.89. The molecule has 0 aliphatic heterocycles. The van der Waals surface area contributed by atoms with Gasteiger partial charge in [0.15, 0.2) is 0 Å². The molecule has 0 saturated heterocycles. The lowest BCUT2D eigenvalue weighted by molar-refractivity contribution is -0.121. The Morgan fingerprint density at radius 2 is 2.25 bits per heavy atom. The summed E-state index contributed by atoms with van der Waals surface area (Å²) in [6.07, 6.45) is 1.42. The summed E-state index contributed by atoms with van der Waals surface area (Å²) in [6.45, 7) is 6.36. The number of hydrogen-bond donors (Lipinski definition) is 1. The van der Waals surface area contributed by atoms with Crippen molar-refractivity contribution < 1.29 is 4.79 Å². The summed E-state index contributed by atoms with van der Waals surface area (Å²) in [5, 5.41) is 2.63. The van der Waals surface area contributed by atoms with E-state index in [1.54, 1.807) is 0 Å². The first-order chi connectivity index (χ1) is 7.54. The summed E-state index contributed by atoms with van der Waals surface area (Å²) < 4.78 is 1.30. The molecule has 0 unspecified atom stereocenters. The van der Waals surface area contributed by atoms with Crippen molar-refractivity contribution in [3.05, 3.63) is 28.4 Å². The van der Waals surface area contributed by atoms with Crippen LogP contribution in [0.1, 0.15) is 32.4 Å². The number of nitrogens with zero attached hydrogens (tertiary/aromatic N) is 2. The van der Waals surface area contributed by atoms with Crippen LogP contribution in [0.4, 0.5) is 0 Å². The topological polar surface area (TPSA) is 64.0 Å². The van der Waals surface area contributed by atoms with Crippen molar-refractivity contribution in [1.82, 2.24) is 14.9 Å². The van der Waals surface area contributed by atoms with E-state index < -0.39 is 0 Å². The molecular formula is C11H17N3O2. The molecule has 0 saturated carbocycles. The van der Waals surface area contributed by atoms with Crippen molar-refractivity contribution in [3.63, 3.8) is 0 Å². The zero-order chi connectivity index (χ0) is 12.1. The van der Waals surface area contributed by atoms with Crippen molar-refractivity contribution in [1.29, 1.82) is 0 Å². The summed E-state index contributed by atoms with van der Waals surface area (Å²) >= 11 is 0. The van der Waals surface area contributed by atoms with E-state index in [0.717, 1.165) is 5.69 Å². The highest BCUT2D eigenvalue weighted by molar-refractivity contribution is 5.75. The predicted molar refractivity (Wildman–Crippen MR) is 61.3 cm³/mol. The Labute approximate surface area is 94.5 Å². The van der Waals surface area contributed by atoms with E-state index in [1.807, 2.05) is 20.8 Å². The van der Waals surface area contributed by atoms with E-state index in [9.17, 15) is 9.59 Å². The lowest BCUT2D eigenvalue weighted by atomic mass is 10.1. The number of aromatic nitrogens is 2. The number of hydrogen-bond acceptors (Lipinski definition) is 3. The van der Waals surface area contributed by atoms with Gasteiger partial charge in [-0.25, -0.2) is 4.98 Å². The van der Waals surface area contributed by atoms with Gasteiger partial charge >= 0.3 is 0 Å². The van der Waals surface area contributed by atoms with E-state index >= 15 is 0 Å². The molecule has 0 aliphatic carbocycles. The second kappa shape index (κ2) is 5.44. The van der Waals surface area contributed by atoms with E-state index in [2.05, 4.69) is 10.3 Å². The molecule has 0 aromatic carbocycles. The first-order valence-corrected chi connectivity index (χ1v) is 5.37. The molecule has 0 bridgehead atoms. The van der Waals surface area contributed by atoms with Crippen molar-refractivity contribution in [3.8, 4) is 0 Å². The molecule has 1 aromatic heterocycles. The van der Waals surface area contributed by atoms with Crippen molar-refractivity contribution in [2.24, 2.45) is 0 Å². The first kappa shape index (κ1) is 12.4. The minimum Gasteiger partial charge on any atom is -0.355 e. The van der Waals surface area contributed by atoms with Crippen molar-refractivity contribution >= 4 is 5.91 Å². The Balaban J connectivity index is 2.83. The highest BCUT2D eigenvalue weighted by Gasteiger charge is 2.06. The van der Waals surface area contributed by atoms with Crippen LogP contribution in [0.15, 0.2) is 17.2 Å². The van der Waals surface area contributed by atoms with Crippen LogP contribution in [0.25, 0.3) is 0 Å². The SMILES string of the molecule is CCNC(=O)Cn1cnc(C(C)C)cc1=O. The number of carbonyl (C=O) groups is 1. The molecule has 0 aliphatic rings. The molecule has 1 rings (SSSR count). The Morgan fingerprint density at radius 1 is 1.56 bits per heavy atom. The predicted octanol–water partition coefficient (Wildman–Crippen LogP) is 0.503. The van der Waals surface area contributed by atoms with Crippen molar-refractivity contribution in [2.75, 3.05) is 6.54 Å². The van der Waals surface area contributed by atoms with Gasteiger partial charge in [0.05, 0.1) is 12.0 Å². The Kier molecular flexibility index (Phi) is 4.22. The highest BCUT2D eigenvalue weighted by Crippen LogP contribution is 2.06. The van der Waals surface area contributed by atoms with E-state index in [1.165, 1.54) is 17.0 Å². The quantitative estimate of drug-likeness (QED) is 0.808. The van der Waals surface area contributed by atoms with Gasteiger partial charge in [0, 0.05) is 12.6 Å². The summed E-state index contributed by atoms with van der Waals surface area (Å²) in [7, 11) is 0. The molecule has 5 heteroatoms. The van der Waals surface area contributed by atoms with Crippen molar-refractivity contribution in [2.45, 2.75) is 33.2 Å². The molecule has 1 amide bonds. The standard InChI is InChI=1S/C11H17N3O2/c1-4-12-10(15)6-14-7-13-9(8(2)3)5-11(14)16/h5,7-8H,4,6H2,1-3H3,(H,12,15). The fraction of sp³-hybridized carbons (Fsp3) is 0.545. The van der Waals surface area contributed by atoms with Crippen LogP contribution < -0.4 is 10.9 Å². The molecule has 16 heavy (non-hydrogen) atoms. The number of nitrogens with one attached hydrogen (secondary N) is 1. The Bertz CT molecular complexity index is 423. The fourth-order valence-corrected chi connectivity index (χ4v) is 1.28. The third-order valence-electron chi connectivity index (χ3n) is 2.18. The molecule has 1 heterocycles. The average Bonchev–Trinajstić information content (AvgIpc) is 2.21. The molecule has 88 valence electrons. The highest BCUT2D eigenvalue weighted by atomic mass is 16.2. The van der Waals surface area contributed by atoms with Crippen LogP contribution in [0, 0.1) is 0 Å².